The first-order chi connectivity index (χ1) is 10.4. The van der Waals surface area contributed by atoms with E-state index < -0.39 is 0 Å². The fourth-order valence-corrected chi connectivity index (χ4v) is 2.81. The van der Waals surface area contributed by atoms with Crippen LogP contribution in [-0.4, -0.2) is 10.5 Å². The maximum Gasteiger partial charge on any atom is 0.325 e. The summed E-state index contributed by atoms with van der Waals surface area (Å²) in [4.78, 5) is 8.16. The lowest BCUT2D eigenvalue weighted by Gasteiger charge is -2.10. The van der Waals surface area contributed by atoms with Gasteiger partial charge < -0.3 is 5.53 Å². The molecule has 0 spiro atoms. The molecule has 2 aromatic rings. The Morgan fingerprint density at radius 1 is 0.857 bits per heavy atom. The summed E-state index contributed by atoms with van der Waals surface area (Å²) in [5, 5.41) is 2.08. The Kier molecular flexibility index (Phi) is 2.53. The molecule has 98 valence electrons. The van der Waals surface area contributed by atoms with Crippen LogP contribution >= 0.6 is 0 Å². The van der Waals surface area contributed by atoms with E-state index >= 15 is 0 Å². The van der Waals surface area contributed by atoms with Crippen LogP contribution in [0.4, 0.5) is 0 Å². The summed E-state index contributed by atoms with van der Waals surface area (Å²) < 4.78 is 0. The molecule has 4 rings (SSSR count). The fourth-order valence-electron chi connectivity index (χ4n) is 2.81. The predicted octanol–water partition coefficient (Wildman–Crippen LogP) is 2.12. The van der Waals surface area contributed by atoms with Crippen molar-refractivity contribution in [3.05, 3.63) is 94.1 Å². The highest BCUT2D eigenvalue weighted by Crippen LogP contribution is 2.31. The monoisotopic (exact) mass is 269 g/mol. The summed E-state index contributed by atoms with van der Waals surface area (Å²) in [6.45, 7) is 0. The molecular formula is C18H11N3. The molecule has 0 bridgehead atoms. The zero-order valence-electron chi connectivity index (χ0n) is 11.2. The summed E-state index contributed by atoms with van der Waals surface area (Å²) in [5.41, 5.74) is 13.7. The smallest absolute Gasteiger partial charge is 0.325 e. The second-order valence-electron chi connectivity index (χ2n) is 4.95. The number of benzene rings is 2. The summed E-state index contributed by atoms with van der Waals surface area (Å²) in [7, 11) is 0. The van der Waals surface area contributed by atoms with Crippen molar-refractivity contribution in [3.8, 4) is 0 Å². The molecule has 2 aliphatic rings. The maximum atomic E-state index is 9.31. The van der Waals surface area contributed by atoms with E-state index in [-0.39, 0.29) is 0 Å². The number of hydrogen-bond acceptors (Lipinski definition) is 1. The van der Waals surface area contributed by atoms with Crippen LogP contribution < -0.4 is 10.6 Å². The molecule has 1 heterocycles. The van der Waals surface area contributed by atoms with Gasteiger partial charge in [-0.05, 0) is 17.7 Å². The average molecular weight is 269 g/mol. The lowest BCUT2D eigenvalue weighted by molar-refractivity contribution is -0.000720. The van der Waals surface area contributed by atoms with E-state index in [1.807, 2.05) is 60.7 Å². The van der Waals surface area contributed by atoms with Crippen molar-refractivity contribution >= 4 is 16.9 Å². The molecule has 0 amide bonds. The summed E-state index contributed by atoms with van der Waals surface area (Å²) >= 11 is 0. The Balaban J connectivity index is 2.12. The van der Waals surface area contributed by atoms with E-state index in [0.717, 1.165) is 33.0 Å². The van der Waals surface area contributed by atoms with Crippen LogP contribution in [0, 0.1) is 0 Å². The lowest BCUT2D eigenvalue weighted by atomic mass is 9.91. The largest absolute Gasteiger partial charge is 0.361 e. The van der Waals surface area contributed by atoms with Gasteiger partial charge in [-0.2, -0.15) is 4.79 Å². The van der Waals surface area contributed by atoms with Gasteiger partial charge in [0.25, 0.3) is 0 Å². The molecule has 0 unspecified atom stereocenters. The molecule has 2 aromatic carbocycles. The van der Waals surface area contributed by atoms with Crippen LogP contribution in [0.1, 0.15) is 5.56 Å². The molecule has 0 fully saturated rings. The topological polar surface area (TPSA) is 48.8 Å². The minimum Gasteiger partial charge on any atom is -0.361 e. The maximum absolute atomic E-state index is 9.31. The highest BCUT2D eigenvalue weighted by molar-refractivity contribution is 6.31. The number of rotatable bonds is 1. The molecule has 0 aromatic heterocycles. The number of fused-ring (bicyclic) bond motifs is 2. The van der Waals surface area contributed by atoms with Gasteiger partial charge in [-0.1, -0.05) is 48.5 Å². The highest BCUT2D eigenvalue weighted by Gasteiger charge is 2.27. The molecule has 1 aliphatic heterocycles. The third-order valence-corrected chi connectivity index (χ3v) is 3.75. The number of nitrogens with zero attached hydrogens (tertiary/aromatic N) is 3. The Morgan fingerprint density at radius 2 is 1.62 bits per heavy atom. The van der Waals surface area contributed by atoms with E-state index in [1.54, 1.807) is 0 Å². The summed E-state index contributed by atoms with van der Waals surface area (Å²) in [6, 6.07) is 18.0. The van der Waals surface area contributed by atoms with Crippen LogP contribution in [0.5, 0.6) is 0 Å². The minimum absolute atomic E-state index is 0.538. The molecule has 3 heteroatoms. The highest BCUT2D eigenvalue weighted by atomic mass is 14.9. The lowest BCUT2D eigenvalue weighted by Crippen LogP contribution is -2.21. The molecule has 3 nitrogen and oxygen atoms in total. The van der Waals surface area contributed by atoms with Gasteiger partial charge in [-0.15, -0.1) is 0 Å². The van der Waals surface area contributed by atoms with Crippen molar-refractivity contribution in [2.75, 3.05) is 0 Å². The van der Waals surface area contributed by atoms with Crippen molar-refractivity contribution in [3.63, 3.8) is 0 Å². The van der Waals surface area contributed by atoms with Gasteiger partial charge in [-0.3, -0.25) is 0 Å². The molecule has 0 saturated heterocycles. The average Bonchev–Trinajstić information content (AvgIpc) is 2.93. The van der Waals surface area contributed by atoms with E-state index in [9.17, 15) is 5.53 Å². The zero-order valence-corrected chi connectivity index (χ0v) is 11.2. The van der Waals surface area contributed by atoms with Crippen LogP contribution in [-0.2, 0) is 0 Å². The SMILES string of the molecule is [N-]=[N+]=C1C=CC2=c3ccccc3=NC2=C1c1ccccc1. The Bertz CT molecular complexity index is 973. The van der Waals surface area contributed by atoms with Gasteiger partial charge in [0.1, 0.15) is 0 Å². The molecule has 0 atom stereocenters. The predicted molar refractivity (Wildman–Crippen MR) is 81.8 cm³/mol. The molecule has 0 radical (unpaired) electrons. The zero-order chi connectivity index (χ0) is 14.2. The number of para-hydroxylation sites is 1. The van der Waals surface area contributed by atoms with Gasteiger partial charge in [-0.25, -0.2) is 4.99 Å². The summed E-state index contributed by atoms with van der Waals surface area (Å²) in [5.74, 6) is 0. The van der Waals surface area contributed by atoms with Crippen molar-refractivity contribution in [1.82, 2.24) is 0 Å². The van der Waals surface area contributed by atoms with Crippen molar-refractivity contribution in [2.45, 2.75) is 0 Å². The third-order valence-electron chi connectivity index (χ3n) is 3.75. The Labute approximate surface area is 121 Å². The van der Waals surface area contributed by atoms with Gasteiger partial charge in [0, 0.05) is 16.9 Å². The Hall–Kier alpha value is -3.03. The first kappa shape index (κ1) is 11.8. The van der Waals surface area contributed by atoms with Crippen LogP contribution in [0.15, 0.2) is 77.4 Å². The van der Waals surface area contributed by atoms with Crippen molar-refractivity contribution in [1.29, 1.82) is 0 Å². The number of allylic oxidation sites excluding steroid dienone is 3. The van der Waals surface area contributed by atoms with Crippen LogP contribution in [0.25, 0.3) is 16.7 Å². The Morgan fingerprint density at radius 3 is 2.43 bits per heavy atom. The van der Waals surface area contributed by atoms with E-state index in [2.05, 4.69) is 10.9 Å². The van der Waals surface area contributed by atoms with Crippen LogP contribution in [0.3, 0.4) is 0 Å². The minimum atomic E-state index is 0.538. The van der Waals surface area contributed by atoms with Gasteiger partial charge in [0.2, 0.25) is 0 Å². The first-order valence-corrected chi connectivity index (χ1v) is 6.77. The second-order valence-corrected chi connectivity index (χ2v) is 4.95. The van der Waals surface area contributed by atoms with Crippen molar-refractivity contribution in [2.24, 2.45) is 4.99 Å². The normalized spacial score (nSPS) is 15.4. The standard InChI is InChI=1S/C18H11N3/c19-21-16-11-10-14-13-8-4-5-9-15(13)20-18(14)17(16)12-6-2-1-3-7-12/h1-11H. The number of hydrogen-bond donors (Lipinski definition) is 0. The summed E-state index contributed by atoms with van der Waals surface area (Å²) in [6.07, 6.45) is 3.80. The van der Waals surface area contributed by atoms with Crippen LogP contribution in [0.2, 0.25) is 0 Å². The molecule has 0 N–H and O–H groups in total. The fraction of sp³-hybridized carbons (Fsp3) is 0. The van der Waals surface area contributed by atoms with E-state index in [0.29, 0.717) is 5.71 Å². The molecule has 0 saturated carbocycles. The molecule has 1 aliphatic carbocycles. The van der Waals surface area contributed by atoms with E-state index in [4.69, 9.17) is 4.99 Å². The quantitative estimate of drug-likeness (QED) is 0.562. The van der Waals surface area contributed by atoms with Gasteiger partial charge in [0.15, 0.2) is 0 Å². The van der Waals surface area contributed by atoms with Crippen molar-refractivity contribution < 1.29 is 4.79 Å². The first-order valence-electron chi connectivity index (χ1n) is 6.77. The third kappa shape index (κ3) is 1.72. The van der Waals surface area contributed by atoms with Gasteiger partial charge in [0.05, 0.1) is 16.6 Å². The van der Waals surface area contributed by atoms with E-state index in [1.165, 1.54) is 0 Å². The molecule has 21 heavy (non-hydrogen) atoms. The second kappa shape index (κ2) is 4.51. The van der Waals surface area contributed by atoms with Gasteiger partial charge >= 0.3 is 5.71 Å². The molecular weight excluding hydrogens is 258 g/mol.